The van der Waals surface area contributed by atoms with Gasteiger partial charge in [-0.25, -0.2) is 19.9 Å². The van der Waals surface area contributed by atoms with Crippen LogP contribution in [0.4, 0.5) is 11.6 Å². The maximum atomic E-state index is 10.1. The zero-order valence-electron chi connectivity index (χ0n) is 26.5. The number of amides is 2. The van der Waals surface area contributed by atoms with Crippen LogP contribution in [-0.4, -0.2) is 68.2 Å². The van der Waals surface area contributed by atoms with Crippen molar-refractivity contribution in [2.45, 2.75) is 79.7 Å². The molecule has 0 aromatic carbocycles. The van der Waals surface area contributed by atoms with E-state index in [0.717, 1.165) is 83.6 Å². The molecule has 0 aliphatic rings. The predicted molar refractivity (Wildman–Crippen MR) is 170 cm³/mol. The average molecular weight is 793 g/mol. The summed E-state index contributed by atoms with van der Waals surface area (Å²) in [6, 6.07) is 0. The van der Waals surface area contributed by atoms with Crippen molar-refractivity contribution < 1.29 is 40.1 Å². The van der Waals surface area contributed by atoms with Crippen molar-refractivity contribution in [2.24, 2.45) is 0 Å². The van der Waals surface area contributed by atoms with Gasteiger partial charge in [-0.1, -0.05) is 0 Å². The molecule has 0 saturated carbocycles. The number of carbonyl (C=O) groups excluding carboxylic acids is 2. The van der Waals surface area contributed by atoms with Gasteiger partial charge in [0.1, 0.15) is 35.9 Å². The van der Waals surface area contributed by atoms with Gasteiger partial charge in [-0.3, -0.25) is 0 Å². The third kappa shape index (κ3) is 10.2. The van der Waals surface area contributed by atoms with Crippen LogP contribution >= 0.6 is 0 Å². The van der Waals surface area contributed by atoms with Gasteiger partial charge < -0.3 is 50.3 Å². The number of nitrogens with one attached hydrogen (secondary N) is 2. The molecule has 6 N–H and O–H groups in total. The van der Waals surface area contributed by atoms with Crippen molar-refractivity contribution in [3.63, 3.8) is 0 Å². The van der Waals surface area contributed by atoms with Gasteiger partial charge in [0.15, 0.2) is 11.6 Å². The summed E-state index contributed by atoms with van der Waals surface area (Å²) in [6.07, 6.45) is 10.5. The molecule has 0 aliphatic heterocycles. The number of nitrogen functional groups attached to an aromatic ring is 2. The fraction of sp³-hybridized carbons (Fsp3) is 0.533. The number of rotatable bonds is 18. The van der Waals surface area contributed by atoms with Gasteiger partial charge in [-0.05, 0) is 77.6 Å². The smallest absolute Gasteiger partial charge is 0.530 e. The minimum absolute atomic E-state index is 0. The quantitative estimate of drug-likeness (QED) is 0.0663. The molecule has 45 heavy (non-hydrogen) atoms. The SMILES string of the molecule is CCOCc1nc2c(N)ncc(C)c2n1CCCCN[C-]=O.CCOCc1nc2c(N)ncc(C)c2n1CCCCN[C-]=O.[W+2]. The first-order chi connectivity index (χ1) is 21.4. The molecule has 0 saturated heterocycles. The first-order valence-corrected chi connectivity index (χ1v) is 14.9. The zero-order chi connectivity index (χ0) is 31.9. The van der Waals surface area contributed by atoms with Crippen LogP contribution in [0.25, 0.3) is 22.1 Å². The van der Waals surface area contributed by atoms with Gasteiger partial charge in [0.25, 0.3) is 0 Å². The van der Waals surface area contributed by atoms with Crippen LogP contribution in [0.5, 0.6) is 0 Å². The average Bonchev–Trinajstić information content (AvgIpc) is 3.59. The normalized spacial score (nSPS) is 10.8. The summed E-state index contributed by atoms with van der Waals surface area (Å²) in [5, 5.41) is 5.10. The molecule has 4 aromatic rings. The Morgan fingerprint density at radius 1 is 0.733 bits per heavy atom. The molecule has 2 amide bonds. The van der Waals surface area contributed by atoms with E-state index < -0.39 is 0 Å². The molecule has 244 valence electrons. The number of nitrogens with two attached hydrogens (primary N) is 2. The number of anilines is 2. The molecule has 14 nitrogen and oxygen atoms in total. The third-order valence-corrected chi connectivity index (χ3v) is 7.00. The molecule has 4 rings (SSSR count). The van der Waals surface area contributed by atoms with Crippen molar-refractivity contribution in [3.8, 4) is 0 Å². The largest absolute Gasteiger partial charge is 2.00 e. The van der Waals surface area contributed by atoms with Gasteiger partial charge in [-0.2, -0.15) is 12.8 Å². The minimum atomic E-state index is 0. The zero-order valence-corrected chi connectivity index (χ0v) is 29.5. The van der Waals surface area contributed by atoms with E-state index in [1.807, 2.05) is 27.7 Å². The Kier molecular flexibility index (Phi) is 16.5. The molecule has 4 aromatic heterocycles. The van der Waals surface area contributed by atoms with Crippen LogP contribution < -0.4 is 22.1 Å². The molecular formula is C30H44N10O4W. The van der Waals surface area contributed by atoms with E-state index in [1.54, 1.807) is 25.2 Å². The van der Waals surface area contributed by atoms with Crippen molar-refractivity contribution in [2.75, 3.05) is 37.8 Å². The Bertz CT molecular complexity index is 1400. The summed E-state index contributed by atoms with van der Waals surface area (Å²) in [6.45, 7) is 12.9. The van der Waals surface area contributed by atoms with Crippen LogP contribution in [0.15, 0.2) is 12.4 Å². The Balaban J connectivity index is 0.000000307. The number of fused-ring (bicyclic) bond motifs is 2. The Labute approximate surface area is 278 Å². The molecular weight excluding hydrogens is 748 g/mol. The third-order valence-electron chi connectivity index (χ3n) is 7.00. The van der Waals surface area contributed by atoms with Crippen LogP contribution in [0, 0.1) is 13.8 Å². The summed E-state index contributed by atoms with van der Waals surface area (Å²) in [7, 11) is 0. The van der Waals surface area contributed by atoms with Gasteiger partial charge in [0, 0.05) is 38.7 Å². The number of imidazole rings is 2. The van der Waals surface area contributed by atoms with Crippen molar-refractivity contribution in [3.05, 3.63) is 35.2 Å². The van der Waals surface area contributed by atoms with Crippen LogP contribution in [0.3, 0.4) is 0 Å². The first-order valence-electron chi connectivity index (χ1n) is 14.9. The molecule has 0 bridgehead atoms. The summed E-state index contributed by atoms with van der Waals surface area (Å²) in [4.78, 5) is 37.8. The summed E-state index contributed by atoms with van der Waals surface area (Å²) in [5.41, 5.74) is 17.5. The van der Waals surface area contributed by atoms with E-state index in [1.165, 1.54) is 0 Å². The Morgan fingerprint density at radius 2 is 1.13 bits per heavy atom. The number of hydrogen-bond donors (Lipinski definition) is 4. The molecule has 4 heterocycles. The molecule has 0 atom stereocenters. The van der Waals surface area contributed by atoms with Crippen molar-refractivity contribution >= 4 is 46.5 Å². The van der Waals surface area contributed by atoms with Gasteiger partial charge in [-0.15, -0.1) is 0 Å². The first kappa shape index (κ1) is 37.6. The second-order valence-electron chi connectivity index (χ2n) is 10.2. The minimum Gasteiger partial charge on any atom is -0.530 e. The number of hydrogen-bond acceptors (Lipinski definition) is 10. The van der Waals surface area contributed by atoms with Crippen LogP contribution in [-0.2, 0) is 66.4 Å². The van der Waals surface area contributed by atoms with E-state index >= 15 is 0 Å². The van der Waals surface area contributed by atoms with Gasteiger partial charge >= 0.3 is 21.1 Å². The maximum absolute atomic E-state index is 10.1. The second kappa shape index (κ2) is 19.7. The molecule has 0 spiro atoms. The fourth-order valence-electron chi connectivity index (χ4n) is 4.89. The molecule has 0 radical (unpaired) electrons. The van der Waals surface area contributed by atoms with E-state index in [4.69, 9.17) is 20.9 Å². The standard InChI is InChI=1S/2C15H22N5O2.W/c2*1-3-22-9-12-19-13-14(11(2)8-18-15(13)16)20(12)7-5-4-6-17-10-21;/h2*8H,3-7,9H2,1-2H3,(H2,16,18)(H,17,21);/q2*-1;+2. The van der Waals surface area contributed by atoms with Gasteiger partial charge in [0.05, 0.1) is 11.0 Å². The van der Waals surface area contributed by atoms with Crippen molar-refractivity contribution in [1.29, 1.82) is 0 Å². The topological polar surface area (TPSA) is 190 Å². The number of aromatic nitrogens is 6. The molecule has 15 heteroatoms. The maximum Gasteiger partial charge on any atom is 2.00 e. The Morgan fingerprint density at radius 3 is 1.49 bits per heavy atom. The molecule has 0 fully saturated rings. The number of unbranched alkanes of at least 4 members (excludes halogenated alkanes) is 2. The second-order valence-corrected chi connectivity index (χ2v) is 10.2. The summed E-state index contributed by atoms with van der Waals surface area (Å²) < 4.78 is 15.3. The molecule has 0 aliphatic carbocycles. The predicted octanol–water partition coefficient (Wildman–Crippen LogP) is 2.59. The number of nitrogens with zero attached hydrogens (tertiary/aromatic N) is 6. The van der Waals surface area contributed by atoms with E-state index in [2.05, 4.69) is 39.7 Å². The monoisotopic (exact) mass is 792 g/mol. The van der Waals surface area contributed by atoms with Crippen LogP contribution in [0.1, 0.15) is 62.3 Å². The number of ether oxygens (including phenoxy) is 2. The van der Waals surface area contributed by atoms with E-state index in [-0.39, 0.29) is 21.1 Å². The number of pyridine rings is 2. The Hall–Kier alpha value is -3.61. The van der Waals surface area contributed by atoms with Crippen LogP contribution in [0.2, 0.25) is 0 Å². The molecule has 0 unspecified atom stereocenters. The summed E-state index contributed by atoms with van der Waals surface area (Å²) >= 11 is 0. The van der Waals surface area contributed by atoms with Crippen molar-refractivity contribution in [1.82, 2.24) is 39.7 Å². The van der Waals surface area contributed by atoms with Gasteiger partial charge in [0.2, 0.25) is 0 Å². The number of aryl methyl sites for hydroxylation is 4. The summed E-state index contributed by atoms with van der Waals surface area (Å²) in [5.74, 6) is 2.59. The fourth-order valence-corrected chi connectivity index (χ4v) is 4.89. The van der Waals surface area contributed by atoms with E-state index in [0.29, 0.717) is 51.2 Å². The van der Waals surface area contributed by atoms with E-state index in [9.17, 15) is 9.59 Å².